The lowest BCUT2D eigenvalue weighted by Crippen LogP contribution is -2.30. The Labute approximate surface area is 197 Å². The highest BCUT2D eigenvalue weighted by Gasteiger charge is 2.38. The van der Waals surface area contributed by atoms with Gasteiger partial charge in [0.05, 0.1) is 17.7 Å². The minimum atomic E-state index is -0.463. The number of hydrogen-bond donors (Lipinski definition) is 2. The molecule has 3 aromatic rings. The average molecular weight is 458 g/mol. The molecule has 0 bridgehead atoms. The van der Waals surface area contributed by atoms with Crippen LogP contribution in [0.1, 0.15) is 75.1 Å². The van der Waals surface area contributed by atoms with Gasteiger partial charge in [0.2, 0.25) is 0 Å². The van der Waals surface area contributed by atoms with Crippen LogP contribution in [0.3, 0.4) is 0 Å². The van der Waals surface area contributed by atoms with Crippen LogP contribution in [-0.2, 0) is 12.0 Å². The molecule has 2 N–H and O–H groups in total. The Hall–Kier alpha value is -4.12. The van der Waals surface area contributed by atoms with E-state index in [1.165, 1.54) is 18.5 Å². The monoisotopic (exact) mass is 457 g/mol. The smallest absolute Gasteiger partial charge is 0.270 e. The van der Waals surface area contributed by atoms with E-state index in [1.807, 2.05) is 12.1 Å². The molecule has 1 atom stereocenters. The van der Waals surface area contributed by atoms with E-state index >= 15 is 0 Å². The summed E-state index contributed by atoms with van der Waals surface area (Å²) in [5.41, 5.74) is 3.78. The van der Waals surface area contributed by atoms with Crippen molar-refractivity contribution >= 4 is 11.8 Å². The maximum absolute atomic E-state index is 13.4. The zero-order valence-electron chi connectivity index (χ0n) is 19.1. The number of amides is 2. The number of halogens is 1. The highest BCUT2D eigenvalue weighted by atomic mass is 19.1. The third kappa shape index (κ3) is 4.64. The summed E-state index contributed by atoms with van der Waals surface area (Å²) >= 11 is 0. The normalized spacial score (nSPS) is 15.8. The third-order valence-corrected chi connectivity index (χ3v) is 6.11. The molecule has 1 aliphatic carbocycles. The molecule has 8 heteroatoms. The van der Waals surface area contributed by atoms with Crippen LogP contribution in [0.5, 0.6) is 0 Å². The minimum absolute atomic E-state index is 0.0600. The summed E-state index contributed by atoms with van der Waals surface area (Å²) in [7, 11) is 0. The average Bonchev–Trinajstić information content (AvgIpc) is 3.08. The Bertz CT molecular complexity index is 1330. The van der Waals surface area contributed by atoms with Crippen LogP contribution in [-0.4, -0.2) is 21.8 Å². The van der Waals surface area contributed by atoms with Gasteiger partial charge in [0.15, 0.2) is 0 Å². The van der Waals surface area contributed by atoms with Crippen molar-refractivity contribution in [2.24, 2.45) is 0 Å². The first kappa shape index (κ1) is 23.1. The predicted molar refractivity (Wildman–Crippen MR) is 123 cm³/mol. The van der Waals surface area contributed by atoms with E-state index in [2.05, 4.69) is 40.5 Å². The van der Waals surface area contributed by atoms with Gasteiger partial charge in [-0.2, -0.15) is 5.26 Å². The second-order valence-corrected chi connectivity index (χ2v) is 9.08. The number of carbonyl (C=O) groups excluding carboxylic acids is 2. The molecule has 1 aromatic heterocycles. The Morgan fingerprint density at radius 2 is 1.85 bits per heavy atom. The van der Waals surface area contributed by atoms with E-state index in [4.69, 9.17) is 0 Å². The summed E-state index contributed by atoms with van der Waals surface area (Å²) in [6.07, 6.45) is 1.86. The van der Waals surface area contributed by atoms with Gasteiger partial charge in [0.25, 0.3) is 11.8 Å². The summed E-state index contributed by atoms with van der Waals surface area (Å²) in [5, 5.41) is 14.9. The van der Waals surface area contributed by atoms with Crippen molar-refractivity contribution in [3.05, 3.63) is 93.8 Å². The molecule has 0 spiro atoms. The van der Waals surface area contributed by atoms with Crippen LogP contribution in [0.15, 0.2) is 48.8 Å². The van der Waals surface area contributed by atoms with Crippen molar-refractivity contribution in [1.82, 2.24) is 20.6 Å². The zero-order valence-corrected chi connectivity index (χ0v) is 19.1. The lowest BCUT2D eigenvalue weighted by atomic mass is 9.86. The fourth-order valence-electron chi connectivity index (χ4n) is 4.30. The first-order chi connectivity index (χ1) is 16.2. The van der Waals surface area contributed by atoms with Crippen LogP contribution in [0.2, 0.25) is 0 Å². The number of aromatic nitrogens is 2. The molecule has 0 saturated carbocycles. The van der Waals surface area contributed by atoms with Crippen molar-refractivity contribution in [3.63, 3.8) is 0 Å². The Morgan fingerprint density at radius 3 is 2.56 bits per heavy atom. The van der Waals surface area contributed by atoms with Crippen molar-refractivity contribution in [1.29, 1.82) is 5.26 Å². The number of carbonyl (C=O) groups is 2. The van der Waals surface area contributed by atoms with Gasteiger partial charge in [-0.25, -0.2) is 14.4 Å². The van der Waals surface area contributed by atoms with Crippen molar-refractivity contribution in [3.8, 4) is 6.07 Å². The molecule has 4 rings (SSSR count). The molecule has 0 fully saturated rings. The van der Waals surface area contributed by atoms with Crippen LogP contribution in [0.25, 0.3) is 0 Å². The van der Waals surface area contributed by atoms with Gasteiger partial charge >= 0.3 is 0 Å². The van der Waals surface area contributed by atoms with E-state index < -0.39 is 11.8 Å². The third-order valence-electron chi connectivity index (χ3n) is 6.11. The van der Waals surface area contributed by atoms with Gasteiger partial charge in [-0.1, -0.05) is 32.0 Å². The van der Waals surface area contributed by atoms with Gasteiger partial charge in [-0.3, -0.25) is 9.59 Å². The number of aryl methyl sites for hydroxylation is 1. The lowest BCUT2D eigenvalue weighted by Gasteiger charge is -2.19. The Morgan fingerprint density at radius 1 is 1.12 bits per heavy atom. The van der Waals surface area contributed by atoms with E-state index in [9.17, 15) is 19.2 Å². The number of fused-ring (bicyclic) bond motifs is 1. The standard InChI is InChI=1S/C26H24FN5O2/c1-15-8-17(5-7-20(15)27)13-29-24(33)21-10-22(31-14-30-21)25(34)32-23-11-26(2,3)19-9-16(12-28)4-6-18(19)23/h4-10,14,23H,11,13H2,1-3H3,(H,29,33)(H,32,34)/t23-/m1/s1. The molecule has 2 aromatic carbocycles. The van der Waals surface area contributed by atoms with Crippen LogP contribution in [0, 0.1) is 24.1 Å². The summed E-state index contributed by atoms with van der Waals surface area (Å²) in [6.45, 7) is 6.01. The van der Waals surface area contributed by atoms with E-state index in [0.29, 0.717) is 17.5 Å². The van der Waals surface area contributed by atoms with Gasteiger partial charge < -0.3 is 10.6 Å². The number of rotatable bonds is 5. The van der Waals surface area contributed by atoms with Crippen LogP contribution >= 0.6 is 0 Å². The van der Waals surface area contributed by atoms with Gasteiger partial charge in [0, 0.05) is 12.6 Å². The molecule has 34 heavy (non-hydrogen) atoms. The first-order valence-corrected chi connectivity index (χ1v) is 10.9. The zero-order chi connectivity index (χ0) is 24.5. The molecule has 0 unspecified atom stereocenters. The summed E-state index contributed by atoms with van der Waals surface area (Å²) in [6, 6.07) is 13.4. The predicted octanol–water partition coefficient (Wildman–Crippen LogP) is 3.88. The van der Waals surface area contributed by atoms with Gasteiger partial charge in [0.1, 0.15) is 23.5 Å². The fraction of sp³-hybridized carbons (Fsp3) is 0.269. The molecular weight excluding hydrogens is 433 g/mol. The van der Waals surface area contributed by atoms with Crippen molar-refractivity contribution in [2.45, 2.75) is 45.2 Å². The number of benzene rings is 2. The van der Waals surface area contributed by atoms with Crippen LogP contribution in [0.4, 0.5) is 4.39 Å². The molecule has 172 valence electrons. The second kappa shape index (κ2) is 9.02. The topological polar surface area (TPSA) is 108 Å². The van der Waals surface area contributed by atoms with Gasteiger partial charge in [-0.05, 0) is 59.2 Å². The number of nitrogens with zero attached hydrogens (tertiary/aromatic N) is 3. The minimum Gasteiger partial charge on any atom is -0.347 e. The summed E-state index contributed by atoms with van der Waals surface area (Å²) in [4.78, 5) is 33.5. The quantitative estimate of drug-likeness (QED) is 0.605. The highest BCUT2D eigenvalue weighted by Crippen LogP contribution is 2.44. The molecular formula is C26H24FN5O2. The Balaban J connectivity index is 1.46. The molecule has 2 amide bonds. The van der Waals surface area contributed by atoms with Crippen LogP contribution < -0.4 is 10.6 Å². The maximum atomic E-state index is 13.4. The SMILES string of the molecule is Cc1cc(CNC(=O)c2cc(C(=O)N[C@@H]3CC(C)(C)c4cc(C#N)ccc43)ncn2)ccc1F. The number of nitrogens with one attached hydrogen (secondary N) is 2. The lowest BCUT2D eigenvalue weighted by molar-refractivity contribution is 0.0929. The summed E-state index contributed by atoms with van der Waals surface area (Å²) in [5.74, 6) is -1.18. The fourth-order valence-corrected chi connectivity index (χ4v) is 4.30. The first-order valence-electron chi connectivity index (χ1n) is 10.9. The van der Waals surface area contributed by atoms with Gasteiger partial charge in [-0.15, -0.1) is 0 Å². The van der Waals surface area contributed by atoms with Crippen molar-refractivity contribution in [2.75, 3.05) is 0 Å². The molecule has 0 aliphatic heterocycles. The molecule has 7 nitrogen and oxygen atoms in total. The van der Waals surface area contributed by atoms with E-state index in [-0.39, 0.29) is 35.2 Å². The largest absolute Gasteiger partial charge is 0.347 e. The van der Waals surface area contributed by atoms with E-state index in [0.717, 1.165) is 16.7 Å². The van der Waals surface area contributed by atoms with E-state index in [1.54, 1.807) is 25.1 Å². The Kier molecular flexibility index (Phi) is 6.12. The molecule has 1 aliphatic rings. The number of nitriles is 1. The number of hydrogen-bond acceptors (Lipinski definition) is 5. The molecule has 0 saturated heterocycles. The molecule has 0 radical (unpaired) electrons. The second-order valence-electron chi connectivity index (χ2n) is 9.08. The van der Waals surface area contributed by atoms with Crippen molar-refractivity contribution < 1.29 is 14.0 Å². The maximum Gasteiger partial charge on any atom is 0.270 e. The highest BCUT2D eigenvalue weighted by molar-refractivity contribution is 5.97. The summed E-state index contributed by atoms with van der Waals surface area (Å²) < 4.78 is 13.4. The molecule has 1 heterocycles.